The maximum Gasteiger partial charge on any atom is 0.253 e. The first-order chi connectivity index (χ1) is 15.0. The fourth-order valence-electron chi connectivity index (χ4n) is 3.42. The van der Waals surface area contributed by atoms with Crippen molar-refractivity contribution in [3.8, 4) is 0 Å². The number of aromatic nitrogens is 2. The molecule has 0 saturated carbocycles. The van der Waals surface area contributed by atoms with Crippen molar-refractivity contribution in [1.82, 2.24) is 18.8 Å². The Morgan fingerprint density at radius 3 is 2.28 bits per heavy atom. The van der Waals surface area contributed by atoms with Crippen LogP contribution < -0.4 is 5.32 Å². The number of aryl methyl sites for hydroxylation is 1. The van der Waals surface area contributed by atoms with Crippen molar-refractivity contribution in [2.75, 3.05) is 26.5 Å². The highest BCUT2D eigenvalue weighted by molar-refractivity contribution is 7.89. The number of benzene rings is 2. The number of hydrogen-bond donors (Lipinski definition) is 1. The molecule has 2 amide bonds. The zero-order valence-electron chi connectivity index (χ0n) is 18.8. The van der Waals surface area contributed by atoms with Crippen molar-refractivity contribution in [2.24, 2.45) is 0 Å². The van der Waals surface area contributed by atoms with E-state index in [4.69, 9.17) is 0 Å². The van der Waals surface area contributed by atoms with Gasteiger partial charge < -0.3 is 14.8 Å². The Balaban J connectivity index is 1.90. The van der Waals surface area contributed by atoms with E-state index in [9.17, 15) is 18.0 Å². The normalized spacial score (nSPS) is 11.7. The predicted molar refractivity (Wildman–Crippen MR) is 123 cm³/mol. The lowest BCUT2D eigenvalue weighted by atomic mass is 10.2. The first kappa shape index (κ1) is 23.4. The zero-order valence-corrected chi connectivity index (χ0v) is 19.6. The number of carbonyl (C=O) groups is 2. The Kier molecular flexibility index (Phi) is 6.65. The van der Waals surface area contributed by atoms with Gasteiger partial charge in [0.2, 0.25) is 15.9 Å². The molecule has 9 nitrogen and oxygen atoms in total. The molecule has 2 aromatic carbocycles. The standard InChI is InChI=1S/C22H27N5O4S/c1-6-27-20-12-7-16(22(29)25(3)4)13-19(20)24-21(27)14-26(5)32(30,31)18-10-8-17(9-11-18)23-15(2)28/h7-13H,6,14H2,1-5H3,(H,23,28). The van der Waals surface area contributed by atoms with Crippen LogP contribution in [-0.2, 0) is 27.9 Å². The van der Waals surface area contributed by atoms with Crippen LogP contribution in [0.4, 0.5) is 5.69 Å². The number of nitrogens with zero attached hydrogens (tertiary/aromatic N) is 4. The first-order valence-electron chi connectivity index (χ1n) is 10.1. The van der Waals surface area contributed by atoms with Gasteiger partial charge in [0.1, 0.15) is 5.82 Å². The average molecular weight is 458 g/mol. The number of rotatable bonds is 7. The SMILES string of the molecule is CCn1c(CN(C)S(=O)(=O)c2ccc(NC(C)=O)cc2)nc2cc(C(=O)N(C)C)ccc21. The summed E-state index contributed by atoms with van der Waals surface area (Å²) in [5.41, 5.74) is 2.52. The van der Waals surface area contributed by atoms with Gasteiger partial charge in [0.05, 0.1) is 22.5 Å². The molecule has 1 heterocycles. The smallest absolute Gasteiger partial charge is 0.253 e. The zero-order chi connectivity index (χ0) is 23.6. The number of nitrogens with one attached hydrogen (secondary N) is 1. The van der Waals surface area contributed by atoms with Crippen molar-refractivity contribution in [1.29, 1.82) is 0 Å². The van der Waals surface area contributed by atoms with E-state index < -0.39 is 10.0 Å². The van der Waals surface area contributed by atoms with Crippen molar-refractivity contribution in [3.63, 3.8) is 0 Å². The highest BCUT2D eigenvalue weighted by atomic mass is 32.2. The number of imidazole rings is 1. The molecular formula is C22H27N5O4S. The molecule has 0 atom stereocenters. The van der Waals surface area contributed by atoms with Crippen LogP contribution in [0.15, 0.2) is 47.4 Å². The average Bonchev–Trinajstić information content (AvgIpc) is 3.08. The van der Waals surface area contributed by atoms with Gasteiger partial charge in [0.25, 0.3) is 5.91 Å². The van der Waals surface area contributed by atoms with Crippen LogP contribution in [0, 0.1) is 0 Å². The third kappa shape index (κ3) is 4.66. The molecule has 0 aliphatic carbocycles. The summed E-state index contributed by atoms with van der Waals surface area (Å²) in [7, 11) is 1.10. The number of fused-ring (bicyclic) bond motifs is 1. The second-order valence-electron chi connectivity index (χ2n) is 7.64. The monoisotopic (exact) mass is 457 g/mol. The summed E-state index contributed by atoms with van der Waals surface area (Å²) < 4.78 is 29.3. The van der Waals surface area contributed by atoms with Crippen molar-refractivity contribution < 1.29 is 18.0 Å². The van der Waals surface area contributed by atoms with Gasteiger partial charge in [0.15, 0.2) is 0 Å². The van der Waals surface area contributed by atoms with E-state index >= 15 is 0 Å². The number of carbonyl (C=O) groups excluding carboxylic acids is 2. The van der Waals surface area contributed by atoms with Crippen LogP contribution in [0.2, 0.25) is 0 Å². The Bertz CT molecular complexity index is 1260. The minimum absolute atomic E-state index is 0.0647. The maximum atomic E-state index is 13.1. The summed E-state index contributed by atoms with van der Waals surface area (Å²) in [6.45, 7) is 4.01. The fraction of sp³-hybridized carbons (Fsp3) is 0.318. The molecular weight excluding hydrogens is 430 g/mol. The van der Waals surface area contributed by atoms with Crippen molar-refractivity contribution >= 4 is 38.6 Å². The molecule has 3 rings (SSSR count). The van der Waals surface area contributed by atoms with Gasteiger partial charge in [0, 0.05) is 45.9 Å². The first-order valence-corrected chi connectivity index (χ1v) is 11.5. The van der Waals surface area contributed by atoms with Crippen LogP contribution in [0.25, 0.3) is 11.0 Å². The molecule has 0 radical (unpaired) electrons. The van der Waals surface area contributed by atoms with Gasteiger partial charge in [-0.3, -0.25) is 9.59 Å². The van der Waals surface area contributed by atoms with Gasteiger partial charge in [-0.2, -0.15) is 4.31 Å². The Morgan fingerprint density at radius 2 is 1.72 bits per heavy atom. The molecule has 0 aliphatic rings. The van der Waals surface area contributed by atoms with E-state index in [0.717, 1.165) is 5.52 Å². The van der Waals surface area contributed by atoms with Gasteiger partial charge in [-0.1, -0.05) is 0 Å². The van der Waals surface area contributed by atoms with E-state index in [0.29, 0.717) is 29.1 Å². The number of hydrogen-bond acceptors (Lipinski definition) is 5. The van der Waals surface area contributed by atoms with Crippen LogP contribution in [0.3, 0.4) is 0 Å². The highest BCUT2D eigenvalue weighted by Crippen LogP contribution is 2.23. The van der Waals surface area contributed by atoms with Gasteiger partial charge in [-0.25, -0.2) is 13.4 Å². The molecule has 0 spiro atoms. The Hall–Kier alpha value is -3.24. The van der Waals surface area contributed by atoms with Crippen molar-refractivity contribution in [2.45, 2.75) is 31.8 Å². The summed E-state index contributed by atoms with van der Waals surface area (Å²) >= 11 is 0. The summed E-state index contributed by atoms with van der Waals surface area (Å²) in [5, 5.41) is 2.61. The number of anilines is 1. The predicted octanol–water partition coefficient (Wildman–Crippen LogP) is 2.54. The third-order valence-corrected chi connectivity index (χ3v) is 6.86. The lowest BCUT2D eigenvalue weighted by Crippen LogP contribution is -2.28. The molecule has 0 saturated heterocycles. The topological polar surface area (TPSA) is 105 Å². The van der Waals surface area contributed by atoms with Gasteiger partial charge >= 0.3 is 0 Å². The quantitative estimate of drug-likeness (QED) is 0.587. The second-order valence-corrected chi connectivity index (χ2v) is 9.69. The largest absolute Gasteiger partial charge is 0.345 e. The van der Waals surface area contributed by atoms with E-state index in [1.165, 1.54) is 35.3 Å². The molecule has 3 aromatic rings. The highest BCUT2D eigenvalue weighted by Gasteiger charge is 2.23. The van der Waals surface area contributed by atoms with Crippen LogP contribution in [0.1, 0.15) is 30.0 Å². The van der Waals surface area contributed by atoms with Crippen LogP contribution in [0.5, 0.6) is 0 Å². The molecule has 1 aromatic heterocycles. The van der Waals surface area contributed by atoms with Crippen LogP contribution in [-0.4, -0.2) is 60.1 Å². The lowest BCUT2D eigenvalue weighted by molar-refractivity contribution is -0.114. The molecule has 10 heteroatoms. The van der Waals surface area contributed by atoms with E-state index in [1.807, 2.05) is 17.6 Å². The van der Waals surface area contributed by atoms with Crippen LogP contribution >= 0.6 is 0 Å². The third-order valence-electron chi connectivity index (χ3n) is 5.04. The molecule has 0 fully saturated rings. The minimum Gasteiger partial charge on any atom is -0.345 e. The molecule has 1 N–H and O–H groups in total. The molecule has 0 bridgehead atoms. The lowest BCUT2D eigenvalue weighted by Gasteiger charge is -2.18. The Labute approximate surface area is 187 Å². The summed E-state index contributed by atoms with van der Waals surface area (Å²) in [5.74, 6) is 0.228. The number of amides is 2. The van der Waals surface area contributed by atoms with Gasteiger partial charge in [-0.05, 0) is 49.4 Å². The minimum atomic E-state index is -3.77. The molecule has 0 unspecified atom stereocenters. The van der Waals surface area contributed by atoms with Crippen molar-refractivity contribution in [3.05, 3.63) is 53.9 Å². The summed E-state index contributed by atoms with van der Waals surface area (Å²) in [6.07, 6.45) is 0. The van der Waals surface area contributed by atoms with E-state index in [1.54, 1.807) is 38.4 Å². The molecule has 170 valence electrons. The summed E-state index contributed by atoms with van der Waals surface area (Å²) in [6, 6.07) is 11.3. The summed E-state index contributed by atoms with van der Waals surface area (Å²) in [4.78, 5) is 29.7. The Morgan fingerprint density at radius 1 is 1.06 bits per heavy atom. The molecule has 0 aliphatic heterocycles. The van der Waals surface area contributed by atoms with Gasteiger partial charge in [-0.15, -0.1) is 0 Å². The van der Waals surface area contributed by atoms with E-state index in [-0.39, 0.29) is 23.3 Å². The fourth-order valence-corrected chi connectivity index (χ4v) is 4.55. The second kappa shape index (κ2) is 9.09. The number of sulfonamides is 1. The maximum absolute atomic E-state index is 13.1. The van der Waals surface area contributed by atoms with E-state index in [2.05, 4.69) is 10.3 Å². The molecule has 32 heavy (non-hydrogen) atoms.